The van der Waals surface area contributed by atoms with Gasteiger partial charge < -0.3 is 14.2 Å². The monoisotopic (exact) mass is 399 g/mol. The van der Waals surface area contributed by atoms with Gasteiger partial charge in [-0.05, 0) is 38.5 Å². The molecule has 0 spiro atoms. The molecule has 7 nitrogen and oxygen atoms in total. The van der Waals surface area contributed by atoms with E-state index in [1.165, 1.54) is 18.3 Å². The summed E-state index contributed by atoms with van der Waals surface area (Å²) in [6.07, 6.45) is 2.24. The van der Waals surface area contributed by atoms with Gasteiger partial charge in [0.2, 0.25) is 10.0 Å². The molecule has 8 heteroatoms. The number of fused-ring (bicyclic) bond motifs is 1. The van der Waals surface area contributed by atoms with Crippen LogP contribution >= 0.6 is 0 Å². The number of benzene rings is 1. The zero-order chi connectivity index (χ0) is 20.4. The number of likely N-dealkylation sites (N-methyl/N-ethyl adjacent to an activating group) is 1. The van der Waals surface area contributed by atoms with E-state index in [2.05, 4.69) is 6.92 Å². The third-order valence-corrected chi connectivity index (χ3v) is 5.89. The van der Waals surface area contributed by atoms with Gasteiger partial charge in [-0.1, -0.05) is 13.3 Å². The molecule has 0 saturated heterocycles. The Morgan fingerprint density at radius 1 is 1.33 bits per heavy atom. The molecule has 1 aliphatic rings. The molecular formula is C19H29NO6S. The van der Waals surface area contributed by atoms with Crippen LogP contribution in [0.3, 0.4) is 0 Å². The van der Waals surface area contributed by atoms with Crippen molar-refractivity contribution in [3.63, 3.8) is 0 Å². The number of unbranched alkanes of at least 4 members (excludes halogenated alkanes) is 1. The third kappa shape index (κ3) is 4.93. The van der Waals surface area contributed by atoms with Crippen LogP contribution in [0.2, 0.25) is 0 Å². The van der Waals surface area contributed by atoms with Crippen LogP contribution in [0.15, 0.2) is 18.2 Å². The second-order valence-electron chi connectivity index (χ2n) is 7.36. The summed E-state index contributed by atoms with van der Waals surface area (Å²) in [7, 11) is -2.07. The maximum absolute atomic E-state index is 12.3. The SMILES string of the molecule is CCCCOc1ccc2c(c1)[C@H](N(C)S(C)(=O)=O)[C@@H](OC(C)=O)C(C)(C)O2. The van der Waals surface area contributed by atoms with Crippen LogP contribution < -0.4 is 9.47 Å². The van der Waals surface area contributed by atoms with E-state index in [0.717, 1.165) is 19.1 Å². The molecule has 2 rings (SSSR count). The van der Waals surface area contributed by atoms with Crippen LogP contribution in [0.5, 0.6) is 11.5 Å². The average molecular weight is 400 g/mol. The van der Waals surface area contributed by atoms with Gasteiger partial charge in [-0.2, -0.15) is 4.31 Å². The number of esters is 1. The van der Waals surface area contributed by atoms with E-state index in [9.17, 15) is 13.2 Å². The van der Waals surface area contributed by atoms with Gasteiger partial charge in [0.15, 0.2) is 6.10 Å². The Morgan fingerprint density at radius 3 is 2.56 bits per heavy atom. The fourth-order valence-electron chi connectivity index (χ4n) is 3.14. The topological polar surface area (TPSA) is 82.1 Å². The first-order chi connectivity index (χ1) is 12.5. The van der Waals surface area contributed by atoms with E-state index >= 15 is 0 Å². The van der Waals surface area contributed by atoms with Gasteiger partial charge in [0.05, 0.1) is 18.9 Å². The predicted octanol–water partition coefficient (Wildman–Crippen LogP) is 2.90. The lowest BCUT2D eigenvalue weighted by atomic mass is 9.86. The number of rotatable bonds is 7. The van der Waals surface area contributed by atoms with Crippen molar-refractivity contribution in [2.45, 2.75) is 58.3 Å². The van der Waals surface area contributed by atoms with Gasteiger partial charge in [0.25, 0.3) is 0 Å². The Morgan fingerprint density at radius 2 is 2.00 bits per heavy atom. The van der Waals surface area contributed by atoms with E-state index in [-0.39, 0.29) is 0 Å². The second kappa shape index (κ2) is 8.06. The van der Waals surface area contributed by atoms with Gasteiger partial charge in [0, 0.05) is 19.5 Å². The van der Waals surface area contributed by atoms with Gasteiger partial charge in [-0.25, -0.2) is 8.42 Å². The van der Waals surface area contributed by atoms with Crippen molar-refractivity contribution in [2.24, 2.45) is 0 Å². The first kappa shape index (κ1) is 21.5. The Balaban J connectivity index is 2.54. The van der Waals surface area contributed by atoms with Crippen molar-refractivity contribution in [3.05, 3.63) is 23.8 Å². The highest BCUT2D eigenvalue weighted by molar-refractivity contribution is 7.88. The van der Waals surface area contributed by atoms with Crippen LogP contribution in [-0.4, -0.2) is 50.3 Å². The van der Waals surface area contributed by atoms with Crippen molar-refractivity contribution >= 4 is 16.0 Å². The highest BCUT2D eigenvalue weighted by atomic mass is 32.2. The maximum Gasteiger partial charge on any atom is 0.303 e. The molecule has 0 amide bonds. The molecule has 2 atom stereocenters. The molecule has 27 heavy (non-hydrogen) atoms. The minimum atomic E-state index is -3.55. The summed E-state index contributed by atoms with van der Waals surface area (Å²) >= 11 is 0. The van der Waals surface area contributed by atoms with Crippen LogP contribution in [0.4, 0.5) is 0 Å². The molecule has 0 unspecified atom stereocenters. The molecule has 152 valence electrons. The summed E-state index contributed by atoms with van der Waals surface area (Å²) in [6.45, 7) is 7.50. The van der Waals surface area contributed by atoms with Crippen LogP contribution in [0, 0.1) is 0 Å². The summed E-state index contributed by atoms with van der Waals surface area (Å²) in [6, 6.07) is 4.61. The van der Waals surface area contributed by atoms with Crippen molar-refractivity contribution in [2.75, 3.05) is 19.9 Å². The van der Waals surface area contributed by atoms with E-state index in [1.807, 2.05) is 0 Å². The minimum absolute atomic E-state index is 0.498. The number of sulfonamides is 1. The molecule has 0 aliphatic carbocycles. The first-order valence-electron chi connectivity index (χ1n) is 9.03. The van der Waals surface area contributed by atoms with Gasteiger partial charge >= 0.3 is 5.97 Å². The van der Waals surface area contributed by atoms with Gasteiger partial charge in [-0.15, -0.1) is 0 Å². The van der Waals surface area contributed by atoms with Gasteiger partial charge in [0.1, 0.15) is 17.1 Å². The second-order valence-corrected chi connectivity index (χ2v) is 9.40. The van der Waals surface area contributed by atoms with Crippen LogP contribution in [-0.2, 0) is 19.6 Å². The Kier molecular flexibility index (Phi) is 6.42. The first-order valence-corrected chi connectivity index (χ1v) is 10.9. The molecular weight excluding hydrogens is 370 g/mol. The molecule has 1 aliphatic heterocycles. The van der Waals surface area contributed by atoms with Crippen LogP contribution in [0.25, 0.3) is 0 Å². The summed E-state index contributed by atoms with van der Waals surface area (Å²) < 4.78 is 43.1. The van der Waals surface area contributed by atoms with Gasteiger partial charge in [-0.3, -0.25) is 4.79 Å². The molecule has 0 aromatic heterocycles. The zero-order valence-corrected chi connectivity index (χ0v) is 17.6. The molecule has 1 heterocycles. The fraction of sp³-hybridized carbons (Fsp3) is 0.632. The summed E-state index contributed by atoms with van der Waals surface area (Å²) in [5, 5.41) is 0. The van der Waals surface area contributed by atoms with Crippen molar-refractivity contribution in [1.82, 2.24) is 4.31 Å². The molecule has 0 bridgehead atoms. The lowest BCUT2D eigenvalue weighted by molar-refractivity contribution is -0.165. The predicted molar refractivity (Wildman–Crippen MR) is 102 cm³/mol. The fourth-order valence-corrected chi connectivity index (χ4v) is 3.77. The smallest absolute Gasteiger partial charge is 0.303 e. The minimum Gasteiger partial charge on any atom is -0.494 e. The standard InChI is InChI=1S/C19H29NO6S/c1-7-8-11-24-14-9-10-16-15(12-14)17(20(5)27(6,22)23)18(25-13(2)21)19(3,4)26-16/h9-10,12,17-18H,7-8,11H2,1-6H3/t17-,18+/m0/s1. The average Bonchev–Trinajstić information content (AvgIpc) is 2.54. The number of carbonyl (C=O) groups excluding carboxylic acids is 1. The number of hydrogen-bond acceptors (Lipinski definition) is 6. The largest absolute Gasteiger partial charge is 0.494 e. The van der Waals surface area contributed by atoms with Crippen molar-refractivity contribution in [1.29, 1.82) is 0 Å². The molecule has 1 aromatic rings. The van der Waals surface area contributed by atoms with E-state index in [0.29, 0.717) is 23.7 Å². The van der Waals surface area contributed by atoms with E-state index in [1.54, 1.807) is 32.0 Å². The van der Waals surface area contributed by atoms with E-state index < -0.39 is 33.7 Å². The highest BCUT2D eigenvalue weighted by Crippen LogP contribution is 2.45. The highest BCUT2D eigenvalue weighted by Gasteiger charge is 2.49. The molecule has 0 N–H and O–H groups in total. The summed E-state index contributed by atoms with van der Waals surface area (Å²) in [5.74, 6) is 0.674. The third-order valence-electron chi connectivity index (χ3n) is 4.62. The number of carbonyl (C=O) groups is 1. The molecule has 0 saturated carbocycles. The van der Waals surface area contributed by atoms with Crippen LogP contribution in [0.1, 0.15) is 52.1 Å². The molecule has 0 radical (unpaired) electrons. The Labute approximate surface area is 161 Å². The zero-order valence-electron chi connectivity index (χ0n) is 16.8. The number of nitrogens with zero attached hydrogens (tertiary/aromatic N) is 1. The van der Waals surface area contributed by atoms with Crippen molar-refractivity contribution in [3.8, 4) is 11.5 Å². The van der Waals surface area contributed by atoms with E-state index in [4.69, 9.17) is 14.2 Å². The number of ether oxygens (including phenoxy) is 3. The lowest BCUT2D eigenvalue weighted by Gasteiger charge is -2.46. The normalized spacial score (nSPS) is 21.3. The lowest BCUT2D eigenvalue weighted by Crippen LogP contribution is -2.55. The quantitative estimate of drug-likeness (QED) is 0.518. The Hall–Kier alpha value is -1.80. The van der Waals surface area contributed by atoms with Crippen molar-refractivity contribution < 1.29 is 27.4 Å². The summed E-state index contributed by atoms with van der Waals surface area (Å²) in [4.78, 5) is 11.7. The summed E-state index contributed by atoms with van der Waals surface area (Å²) in [5.41, 5.74) is -0.296. The molecule has 0 fully saturated rings. The Bertz CT molecular complexity index is 789. The number of hydrogen-bond donors (Lipinski definition) is 0. The maximum atomic E-state index is 12.3. The molecule has 1 aromatic carbocycles.